The average Bonchev–Trinajstić information content (AvgIpc) is 2.99. The second-order valence-corrected chi connectivity index (χ2v) is 6.85. The first-order chi connectivity index (χ1) is 13.9. The number of rotatable bonds is 8. The maximum atomic E-state index is 13.2. The summed E-state index contributed by atoms with van der Waals surface area (Å²) in [5, 5.41) is 2.89. The largest absolute Gasteiger partial charge is 0.497 e. The fourth-order valence-corrected chi connectivity index (χ4v) is 3.54. The third kappa shape index (κ3) is 3.85. The van der Waals surface area contributed by atoms with Gasteiger partial charge in [0.25, 0.3) is 5.91 Å². The maximum absolute atomic E-state index is 13.2. The summed E-state index contributed by atoms with van der Waals surface area (Å²) in [4.78, 5) is 27.0. The van der Waals surface area contributed by atoms with Gasteiger partial charge in [-0.05, 0) is 60.9 Å². The number of amides is 3. The molecule has 2 aromatic rings. The van der Waals surface area contributed by atoms with E-state index in [0.29, 0.717) is 12.2 Å². The summed E-state index contributed by atoms with van der Waals surface area (Å²) in [6.45, 7) is 4.16. The van der Waals surface area contributed by atoms with Crippen LogP contribution in [0.5, 0.6) is 17.2 Å². The Morgan fingerprint density at radius 3 is 2.28 bits per heavy atom. The Kier molecular flexibility index (Phi) is 5.96. The summed E-state index contributed by atoms with van der Waals surface area (Å²) in [5.74, 6) is 1.84. The number of ether oxygens (including phenoxy) is 3. The first-order valence-corrected chi connectivity index (χ1v) is 9.51. The molecular formula is C22H26N2O5. The molecule has 1 unspecified atom stereocenters. The highest BCUT2D eigenvalue weighted by Gasteiger charge is 2.51. The molecule has 29 heavy (non-hydrogen) atoms. The third-order valence-corrected chi connectivity index (χ3v) is 5.24. The number of nitrogens with one attached hydrogen (secondary N) is 1. The number of imide groups is 1. The van der Waals surface area contributed by atoms with E-state index in [-0.39, 0.29) is 19.1 Å². The van der Waals surface area contributed by atoms with E-state index in [0.717, 1.165) is 22.6 Å². The molecule has 2 aromatic carbocycles. The number of benzene rings is 2. The van der Waals surface area contributed by atoms with Gasteiger partial charge in [0.2, 0.25) is 0 Å². The van der Waals surface area contributed by atoms with Crippen molar-refractivity contribution in [2.45, 2.75) is 25.8 Å². The van der Waals surface area contributed by atoms with Gasteiger partial charge in [0.05, 0.1) is 20.8 Å². The van der Waals surface area contributed by atoms with Crippen LogP contribution in [0.4, 0.5) is 4.79 Å². The van der Waals surface area contributed by atoms with Crippen LogP contribution in [0.25, 0.3) is 0 Å². The molecule has 0 bridgehead atoms. The Hall–Kier alpha value is -3.22. The lowest BCUT2D eigenvalue weighted by Crippen LogP contribution is -2.43. The van der Waals surface area contributed by atoms with Crippen LogP contribution in [0.1, 0.15) is 24.5 Å². The smallest absolute Gasteiger partial charge is 0.325 e. The number of hydrogen-bond acceptors (Lipinski definition) is 5. The van der Waals surface area contributed by atoms with Crippen molar-refractivity contribution in [3.63, 3.8) is 0 Å². The van der Waals surface area contributed by atoms with Gasteiger partial charge >= 0.3 is 6.03 Å². The van der Waals surface area contributed by atoms with Gasteiger partial charge < -0.3 is 19.5 Å². The molecule has 7 nitrogen and oxygen atoms in total. The maximum Gasteiger partial charge on any atom is 0.325 e. The first-order valence-electron chi connectivity index (χ1n) is 9.51. The van der Waals surface area contributed by atoms with Crippen LogP contribution in [0.15, 0.2) is 42.5 Å². The zero-order valence-corrected chi connectivity index (χ0v) is 17.2. The summed E-state index contributed by atoms with van der Waals surface area (Å²) in [7, 11) is 3.20. The van der Waals surface area contributed by atoms with Crippen LogP contribution in [-0.4, -0.2) is 44.2 Å². The molecule has 0 spiro atoms. The second-order valence-electron chi connectivity index (χ2n) is 6.85. The number of carbonyl (C=O) groups is 2. The predicted octanol–water partition coefficient (Wildman–Crippen LogP) is 3.25. The van der Waals surface area contributed by atoms with Crippen molar-refractivity contribution in [2.24, 2.45) is 0 Å². The Bertz CT molecular complexity index is 897. The Labute approximate surface area is 170 Å². The van der Waals surface area contributed by atoms with Crippen LogP contribution >= 0.6 is 0 Å². The van der Waals surface area contributed by atoms with Crippen LogP contribution in [-0.2, 0) is 10.3 Å². The summed E-state index contributed by atoms with van der Waals surface area (Å²) in [6, 6.07) is 12.2. The fourth-order valence-electron chi connectivity index (χ4n) is 3.54. The Morgan fingerprint density at radius 2 is 1.69 bits per heavy atom. The monoisotopic (exact) mass is 398 g/mol. The van der Waals surface area contributed by atoms with E-state index in [2.05, 4.69) is 5.32 Å². The van der Waals surface area contributed by atoms with E-state index >= 15 is 0 Å². The minimum absolute atomic E-state index is 0.160. The lowest BCUT2D eigenvalue weighted by molar-refractivity contribution is -0.132. The minimum Gasteiger partial charge on any atom is -0.497 e. The third-order valence-electron chi connectivity index (χ3n) is 5.24. The molecule has 1 aliphatic rings. The first kappa shape index (κ1) is 20.5. The lowest BCUT2D eigenvalue weighted by atomic mass is 9.86. The molecule has 1 N–H and O–H groups in total. The highest BCUT2D eigenvalue weighted by atomic mass is 16.5. The summed E-state index contributed by atoms with van der Waals surface area (Å²) in [6.07, 6.45) is 0.444. The van der Waals surface area contributed by atoms with Crippen LogP contribution in [0.2, 0.25) is 0 Å². The number of hydrogen-bond donors (Lipinski definition) is 1. The van der Waals surface area contributed by atoms with Crippen LogP contribution in [0, 0.1) is 6.92 Å². The van der Waals surface area contributed by atoms with Crippen molar-refractivity contribution in [3.05, 3.63) is 53.6 Å². The van der Waals surface area contributed by atoms with Gasteiger partial charge in [-0.2, -0.15) is 0 Å². The van der Waals surface area contributed by atoms with Crippen molar-refractivity contribution >= 4 is 11.9 Å². The molecule has 1 heterocycles. The Balaban J connectivity index is 1.72. The van der Waals surface area contributed by atoms with Crippen LogP contribution < -0.4 is 19.5 Å². The molecule has 0 aliphatic carbocycles. The van der Waals surface area contributed by atoms with Crippen molar-refractivity contribution in [3.8, 4) is 17.2 Å². The summed E-state index contributed by atoms with van der Waals surface area (Å²) < 4.78 is 16.1. The normalized spacial score (nSPS) is 18.6. The molecule has 1 fully saturated rings. The lowest BCUT2D eigenvalue weighted by Gasteiger charge is -2.26. The topological polar surface area (TPSA) is 77.1 Å². The number of urea groups is 1. The van der Waals surface area contributed by atoms with E-state index < -0.39 is 11.6 Å². The molecule has 1 aliphatic heterocycles. The van der Waals surface area contributed by atoms with E-state index in [9.17, 15) is 9.59 Å². The van der Waals surface area contributed by atoms with Gasteiger partial charge in [0.15, 0.2) is 0 Å². The highest BCUT2D eigenvalue weighted by molar-refractivity contribution is 6.07. The molecular weight excluding hydrogens is 372 g/mol. The molecule has 7 heteroatoms. The Morgan fingerprint density at radius 1 is 1.00 bits per heavy atom. The molecule has 154 valence electrons. The van der Waals surface area contributed by atoms with Crippen molar-refractivity contribution in [2.75, 3.05) is 27.4 Å². The van der Waals surface area contributed by atoms with Gasteiger partial charge in [-0.1, -0.05) is 13.0 Å². The number of aryl methyl sites for hydroxylation is 1. The van der Waals surface area contributed by atoms with Crippen molar-refractivity contribution in [1.82, 2.24) is 10.2 Å². The van der Waals surface area contributed by atoms with Crippen molar-refractivity contribution in [1.29, 1.82) is 0 Å². The highest BCUT2D eigenvalue weighted by Crippen LogP contribution is 2.34. The number of nitrogens with zero attached hydrogens (tertiary/aromatic N) is 1. The predicted molar refractivity (Wildman–Crippen MR) is 108 cm³/mol. The summed E-state index contributed by atoms with van der Waals surface area (Å²) in [5.41, 5.74) is 0.574. The minimum atomic E-state index is -1.08. The molecule has 0 radical (unpaired) electrons. The SMILES string of the molecule is CCC1(c2ccc(OC)c(C)c2)NC(=O)N(CCOc2ccc(OC)cc2)C1=O. The van der Waals surface area contributed by atoms with E-state index in [1.807, 2.05) is 32.0 Å². The summed E-state index contributed by atoms with van der Waals surface area (Å²) >= 11 is 0. The molecule has 3 rings (SSSR count). The van der Waals surface area contributed by atoms with E-state index in [1.165, 1.54) is 4.90 Å². The average molecular weight is 398 g/mol. The van der Waals surface area contributed by atoms with Gasteiger partial charge in [0, 0.05) is 0 Å². The molecule has 0 aromatic heterocycles. The molecule has 1 saturated heterocycles. The second kappa shape index (κ2) is 8.43. The molecule has 0 saturated carbocycles. The molecule has 3 amide bonds. The fraction of sp³-hybridized carbons (Fsp3) is 0.364. The van der Waals surface area contributed by atoms with E-state index in [4.69, 9.17) is 14.2 Å². The zero-order chi connectivity index (χ0) is 21.0. The van der Waals surface area contributed by atoms with Gasteiger partial charge in [-0.25, -0.2) is 4.79 Å². The van der Waals surface area contributed by atoms with Crippen LogP contribution in [0.3, 0.4) is 0 Å². The van der Waals surface area contributed by atoms with Gasteiger partial charge in [0.1, 0.15) is 29.4 Å². The van der Waals surface area contributed by atoms with Gasteiger partial charge in [-0.3, -0.25) is 9.69 Å². The quantitative estimate of drug-likeness (QED) is 0.691. The standard InChI is InChI=1S/C22H26N2O5/c1-5-22(16-6-11-19(28-4)15(2)14-16)20(25)24(21(26)23-22)12-13-29-18-9-7-17(27-3)8-10-18/h6-11,14H,5,12-13H2,1-4H3,(H,23,26). The number of carbonyl (C=O) groups excluding carboxylic acids is 2. The zero-order valence-electron chi connectivity index (χ0n) is 17.2. The van der Waals surface area contributed by atoms with Gasteiger partial charge in [-0.15, -0.1) is 0 Å². The van der Waals surface area contributed by atoms with Crippen molar-refractivity contribution < 1.29 is 23.8 Å². The molecule has 1 atom stereocenters. The number of methoxy groups -OCH3 is 2. The van der Waals surface area contributed by atoms with E-state index in [1.54, 1.807) is 38.5 Å².